The zero-order chi connectivity index (χ0) is 12.9. The molecule has 0 aromatic heterocycles. The van der Waals surface area contributed by atoms with Crippen molar-refractivity contribution in [2.45, 2.75) is 24.0 Å². The van der Waals surface area contributed by atoms with Crippen molar-refractivity contribution in [1.82, 2.24) is 5.32 Å². The molecule has 1 heterocycles. The molecule has 1 fully saturated rings. The Morgan fingerprint density at radius 1 is 1.00 bits per heavy atom. The van der Waals surface area contributed by atoms with E-state index in [1.54, 1.807) is 0 Å². The van der Waals surface area contributed by atoms with Gasteiger partial charge < -0.3 is 10.4 Å². The summed E-state index contributed by atoms with van der Waals surface area (Å²) in [5.41, 5.74) is 3.76. The Hall–Kier alpha value is -1.64. The summed E-state index contributed by atoms with van der Waals surface area (Å²) in [6.45, 7) is 0.912. The lowest BCUT2D eigenvalue weighted by molar-refractivity contribution is 0.127. The third-order valence-electron chi connectivity index (χ3n) is 4.74. The zero-order valence-electron chi connectivity index (χ0n) is 10.7. The molecule has 0 radical (unpaired) electrons. The third-order valence-corrected chi connectivity index (χ3v) is 4.74. The lowest BCUT2D eigenvalue weighted by atomic mass is 9.66. The molecule has 2 aliphatic rings. The summed E-state index contributed by atoms with van der Waals surface area (Å²) in [6, 6.07) is 19.2. The average Bonchev–Trinajstić information content (AvgIpc) is 2.89. The van der Waals surface area contributed by atoms with Crippen molar-refractivity contribution in [3.8, 4) is 0 Å². The molecule has 2 heteroatoms. The minimum Gasteiger partial charge on any atom is -0.387 e. The van der Waals surface area contributed by atoms with Gasteiger partial charge in [0.2, 0.25) is 0 Å². The van der Waals surface area contributed by atoms with Crippen LogP contribution in [0.2, 0.25) is 0 Å². The summed E-state index contributed by atoms with van der Waals surface area (Å²) in [5, 5.41) is 14.0. The van der Waals surface area contributed by atoms with Crippen LogP contribution in [0, 0.1) is 0 Å². The lowest BCUT2D eigenvalue weighted by Crippen LogP contribution is -2.35. The minimum absolute atomic E-state index is 0.0295. The number of aliphatic hydroxyl groups excluding tert-OH is 1. The van der Waals surface area contributed by atoms with Gasteiger partial charge in [-0.1, -0.05) is 54.6 Å². The van der Waals surface area contributed by atoms with E-state index in [1.807, 2.05) is 6.07 Å². The van der Waals surface area contributed by atoms with Crippen LogP contribution in [0.25, 0.3) is 0 Å². The first kappa shape index (κ1) is 11.2. The summed E-state index contributed by atoms with van der Waals surface area (Å²) in [5.74, 6) is 0. The summed E-state index contributed by atoms with van der Waals surface area (Å²) >= 11 is 0. The highest BCUT2D eigenvalue weighted by Crippen LogP contribution is 2.49. The van der Waals surface area contributed by atoms with E-state index in [9.17, 15) is 5.11 Å². The number of aliphatic hydroxyl groups is 1. The number of benzene rings is 2. The van der Waals surface area contributed by atoms with Crippen LogP contribution >= 0.6 is 0 Å². The molecule has 3 atom stereocenters. The molecule has 2 aromatic carbocycles. The van der Waals surface area contributed by atoms with Crippen molar-refractivity contribution < 1.29 is 5.11 Å². The Balaban J connectivity index is 1.97. The molecule has 4 rings (SSSR count). The molecule has 19 heavy (non-hydrogen) atoms. The second-order valence-corrected chi connectivity index (χ2v) is 5.67. The highest BCUT2D eigenvalue weighted by atomic mass is 16.3. The number of fused-ring (bicyclic) bond motifs is 4. The van der Waals surface area contributed by atoms with Crippen LogP contribution in [0.15, 0.2) is 54.6 Å². The maximum atomic E-state index is 10.4. The van der Waals surface area contributed by atoms with Gasteiger partial charge in [0.1, 0.15) is 0 Å². The molecular formula is C17H17NO. The summed E-state index contributed by atoms with van der Waals surface area (Å²) in [4.78, 5) is 0. The predicted molar refractivity (Wildman–Crippen MR) is 75.0 cm³/mol. The largest absolute Gasteiger partial charge is 0.387 e. The van der Waals surface area contributed by atoms with Crippen molar-refractivity contribution in [2.75, 3.05) is 6.54 Å². The van der Waals surface area contributed by atoms with E-state index in [4.69, 9.17) is 0 Å². The maximum Gasteiger partial charge on any atom is 0.0946 e. The zero-order valence-corrected chi connectivity index (χ0v) is 10.7. The van der Waals surface area contributed by atoms with Gasteiger partial charge >= 0.3 is 0 Å². The van der Waals surface area contributed by atoms with E-state index >= 15 is 0 Å². The van der Waals surface area contributed by atoms with Crippen LogP contribution in [0.4, 0.5) is 0 Å². The normalized spacial score (nSPS) is 32.1. The molecule has 2 bridgehead atoms. The number of hydrogen-bond acceptors (Lipinski definition) is 2. The Morgan fingerprint density at radius 3 is 2.58 bits per heavy atom. The molecular weight excluding hydrogens is 234 g/mol. The first-order chi connectivity index (χ1) is 9.31. The topological polar surface area (TPSA) is 32.3 Å². The van der Waals surface area contributed by atoms with Crippen LogP contribution in [0.5, 0.6) is 0 Å². The van der Waals surface area contributed by atoms with Gasteiger partial charge in [0.25, 0.3) is 0 Å². The van der Waals surface area contributed by atoms with Crippen LogP contribution in [0.3, 0.4) is 0 Å². The predicted octanol–water partition coefficient (Wildman–Crippen LogP) is 2.38. The fraction of sp³-hybridized carbons (Fsp3) is 0.294. The van der Waals surface area contributed by atoms with Crippen molar-refractivity contribution in [1.29, 1.82) is 0 Å². The molecule has 2 aromatic rings. The van der Waals surface area contributed by atoms with Crippen molar-refractivity contribution >= 4 is 0 Å². The molecule has 0 amide bonds. The van der Waals surface area contributed by atoms with Gasteiger partial charge in [0, 0.05) is 18.0 Å². The number of rotatable bonds is 1. The Labute approximate surface area is 113 Å². The lowest BCUT2D eigenvalue weighted by Gasteiger charge is -2.37. The van der Waals surface area contributed by atoms with E-state index in [2.05, 4.69) is 53.8 Å². The highest BCUT2D eigenvalue weighted by Gasteiger charge is 2.49. The highest BCUT2D eigenvalue weighted by molar-refractivity contribution is 5.50. The molecule has 1 aliphatic carbocycles. The van der Waals surface area contributed by atoms with Crippen molar-refractivity contribution in [3.05, 3.63) is 71.3 Å². The van der Waals surface area contributed by atoms with Crippen LogP contribution < -0.4 is 5.32 Å². The van der Waals surface area contributed by atoms with E-state index in [0.29, 0.717) is 0 Å². The molecule has 0 spiro atoms. The van der Waals surface area contributed by atoms with Gasteiger partial charge in [0.05, 0.1) is 6.10 Å². The molecule has 3 unspecified atom stereocenters. The average molecular weight is 251 g/mol. The molecule has 96 valence electrons. The van der Waals surface area contributed by atoms with Gasteiger partial charge in [-0.15, -0.1) is 0 Å². The van der Waals surface area contributed by atoms with Gasteiger partial charge in [-0.05, 0) is 23.1 Å². The van der Waals surface area contributed by atoms with E-state index in [-0.39, 0.29) is 17.6 Å². The van der Waals surface area contributed by atoms with Crippen molar-refractivity contribution in [3.63, 3.8) is 0 Å². The summed E-state index contributed by atoms with van der Waals surface area (Å²) in [6.07, 6.45) is 0.602. The number of hydrogen-bond donors (Lipinski definition) is 2. The summed E-state index contributed by atoms with van der Waals surface area (Å²) in [7, 11) is 0. The first-order valence-corrected chi connectivity index (χ1v) is 6.88. The van der Waals surface area contributed by atoms with Gasteiger partial charge in [0.15, 0.2) is 0 Å². The van der Waals surface area contributed by atoms with E-state index < -0.39 is 0 Å². The fourth-order valence-electron chi connectivity index (χ4n) is 3.79. The smallest absolute Gasteiger partial charge is 0.0946 e. The monoisotopic (exact) mass is 251 g/mol. The molecule has 1 aliphatic heterocycles. The SMILES string of the molecule is OC1c2ccccc2C2(c3ccccc3)CNC1C2. The Morgan fingerprint density at radius 2 is 1.74 bits per heavy atom. The first-order valence-electron chi connectivity index (χ1n) is 6.88. The van der Waals surface area contributed by atoms with E-state index in [1.165, 1.54) is 11.1 Å². The second kappa shape index (κ2) is 3.92. The molecule has 2 nitrogen and oxygen atoms in total. The quantitative estimate of drug-likeness (QED) is 0.815. The van der Waals surface area contributed by atoms with Crippen LogP contribution in [0.1, 0.15) is 29.2 Å². The Kier molecular flexibility index (Phi) is 2.32. The van der Waals surface area contributed by atoms with Crippen LogP contribution in [-0.4, -0.2) is 17.7 Å². The summed E-state index contributed by atoms with van der Waals surface area (Å²) < 4.78 is 0. The standard InChI is InChI=1S/C17H17NO/c19-16-13-8-4-5-9-14(13)17(10-15(16)18-11-17)12-6-2-1-3-7-12/h1-9,15-16,18-19H,10-11H2. The molecule has 0 saturated carbocycles. The maximum absolute atomic E-state index is 10.4. The molecule has 1 saturated heterocycles. The Bertz CT molecular complexity index is 610. The fourth-order valence-corrected chi connectivity index (χ4v) is 3.79. The van der Waals surface area contributed by atoms with E-state index in [0.717, 1.165) is 18.5 Å². The van der Waals surface area contributed by atoms with Gasteiger partial charge in [-0.25, -0.2) is 0 Å². The van der Waals surface area contributed by atoms with Crippen LogP contribution in [-0.2, 0) is 5.41 Å². The van der Waals surface area contributed by atoms with Crippen molar-refractivity contribution in [2.24, 2.45) is 0 Å². The van der Waals surface area contributed by atoms with Gasteiger partial charge in [-0.2, -0.15) is 0 Å². The second-order valence-electron chi connectivity index (χ2n) is 5.67. The third kappa shape index (κ3) is 1.44. The number of nitrogens with one attached hydrogen (secondary N) is 1. The van der Waals surface area contributed by atoms with Gasteiger partial charge in [-0.3, -0.25) is 0 Å². The molecule has 2 N–H and O–H groups in total. The minimum atomic E-state index is -0.379.